The van der Waals surface area contributed by atoms with Crippen molar-refractivity contribution in [2.24, 2.45) is 5.92 Å². The van der Waals surface area contributed by atoms with Crippen molar-refractivity contribution in [3.05, 3.63) is 66.0 Å². The number of methoxy groups -OCH3 is 1. The number of benzene rings is 2. The number of ether oxygens (including phenoxy) is 2. The van der Waals surface area contributed by atoms with E-state index in [2.05, 4.69) is 21.5 Å². The first-order chi connectivity index (χ1) is 14.2. The van der Waals surface area contributed by atoms with Crippen LogP contribution in [-0.2, 0) is 16.1 Å². The summed E-state index contributed by atoms with van der Waals surface area (Å²) in [7, 11) is 1.43. The zero-order valence-electron chi connectivity index (χ0n) is 16.6. The maximum atomic E-state index is 11.7. The molecule has 1 aliphatic heterocycles. The molecule has 2 heterocycles. The van der Waals surface area contributed by atoms with Crippen molar-refractivity contribution < 1.29 is 18.8 Å². The molecule has 0 aliphatic carbocycles. The molecule has 1 fully saturated rings. The lowest BCUT2D eigenvalue weighted by Gasteiger charge is -2.18. The smallest absolute Gasteiger partial charge is 0.305 e. The van der Waals surface area contributed by atoms with Crippen molar-refractivity contribution in [1.82, 2.24) is 15.5 Å². The van der Waals surface area contributed by atoms with Crippen LogP contribution in [0.3, 0.4) is 0 Å². The Balaban J connectivity index is 0.00000256. The fourth-order valence-electron chi connectivity index (χ4n) is 3.63. The first kappa shape index (κ1) is 21.8. The highest BCUT2D eigenvalue weighted by molar-refractivity contribution is 5.85. The Hall–Kier alpha value is -2.90. The Morgan fingerprint density at radius 1 is 1.17 bits per heavy atom. The molecule has 4 rings (SSSR count). The van der Waals surface area contributed by atoms with Crippen LogP contribution in [0.5, 0.6) is 5.75 Å². The van der Waals surface area contributed by atoms with Crippen LogP contribution in [0, 0.1) is 5.92 Å². The van der Waals surface area contributed by atoms with Gasteiger partial charge < -0.3 is 19.3 Å². The molecule has 1 saturated heterocycles. The number of halogens is 1. The number of nitrogens with zero attached hydrogens (tertiary/aromatic N) is 2. The van der Waals surface area contributed by atoms with E-state index in [4.69, 9.17) is 14.0 Å². The first-order valence-corrected chi connectivity index (χ1v) is 9.61. The quantitative estimate of drug-likeness (QED) is 0.574. The van der Waals surface area contributed by atoms with E-state index in [9.17, 15) is 4.79 Å². The predicted octanol–water partition coefficient (Wildman–Crippen LogP) is 3.60. The molecule has 1 aromatic heterocycles. The van der Waals surface area contributed by atoms with Crippen LogP contribution in [0.1, 0.15) is 23.7 Å². The summed E-state index contributed by atoms with van der Waals surface area (Å²) >= 11 is 0. The lowest BCUT2D eigenvalue weighted by molar-refractivity contribution is -0.141. The van der Waals surface area contributed by atoms with E-state index in [-0.39, 0.29) is 36.8 Å². The zero-order valence-corrected chi connectivity index (χ0v) is 17.4. The van der Waals surface area contributed by atoms with E-state index in [0.29, 0.717) is 18.1 Å². The summed E-state index contributed by atoms with van der Waals surface area (Å²) < 4.78 is 16.0. The van der Waals surface area contributed by atoms with E-state index in [1.165, 1.54) is 7.11 Å². The van der Waals surface area contributed by atoms with Crippen molar-refractivity contribution >= 4 is 18.4 Å². The molecule has 8 heteroatoms. The molecule has 0 radical (unpaired) electrons. The van der Waals surface area contributed by atoms with Gasteiger partial charge in [0, 0.05) is 18.0 Å². The Morgan fingerprint density at radius 3 is 2.80 bits per heavy atom. The van der Waals surface area contributed by atoms with Crippen molar-refractivity contribution in [2.75, 3.05) is 20.2 Å². The molecule has 158 valence electrons. The minimum atomic E-state index is -0.178. The summed E-state index contributed by atoms with van der Waals surface area (Å²) in [5.41, 5.74) is 2.01. The van der Waals surface area contributed by atoms with Crippen LogP contribution >= 0.6 is 12.4 Å². The third-order valence-corrected chi connectivity index (χ3v) is 5.14. The highest BCUT2D eigenvalue weighted by atomic mass is 35.5. The molecule has 0 spiro atoms. The van der Waals surface area contributed by atoms with Crippen LogP contribution in [0.4, 0.5) is 0 Å². The lowest BCUT2D eigenvalue weighted by atomic mass is 9.87. The fraction of sp³-hybridized carbons (Fsp3) is 0.318. The van der Waals surface area contributed by atoms with Gasteiger partial charge in [-0.05, 0) is 42.3 Å². The van der Waals surface area contributed by atoms with Crippen molar-refractivity contribution in [1.29, 1.82) is 0 Å². The SMILES string of the molecule is COC(=O)C[C@H]1CNC[C@H]1c1cccc(OCc2noc(-c3ccccc3)n2)c1.Cl. The maximum Gasteiger partial charge on any atom is 0.305 e. The van der Waals surface area contributed by atoms with Crippen LogP contribution < -0.4 is 10.1 Å². The standard InChI is InChI=1S/C22H23N3O4.ClH/c1-27-21(26)11-17-12-23-13-19(17)16-8-5-9-18(10-16)28-14-20-24-22(29-25-20)15-6-3-2-4-7-15;/h2-10,17,19,23H,11-14H2,1H3;1H/t17-,19-;/m0./s1. The number of rotatable bonds is 7. The minimum Gasteiger partial charge on any atom is -0.485 e. The van der Waals surface area contributed by atoms with Gasteiger partial charge in [0.1, 0.15) is 5.75 Å². The van der Waals surface area contributed by atoms with E-state index in [1.807, 2.05) is 48.5 Å². The third-order valence-electron chi connectivity index (χ3n) is 5.14. The maximum absolute atomic E-state index is 11.7. The van der Waals surface area contributed by atoms with Gasteiger partial charge in [-0.1, -0.05) is 35.5 Å². The normalized spacial score (nSPS) is 17.9. The van der Waals surface area contributed by atoms with Crippen molar-refractivity contribution in [3.8, 4) is 17.2 Å². The zero-order chi connectivity index (χ0) is 20.1. The average molecular weight is 430 g/mol. The second kappa shape index (κ2) is 10.2. The molecule has 0 unspecified atom stereocenters. The van der Waals surface area contributed by atoms with Gasteiger partial charge in [-0.2, -0.15) is 4.98 Å². The molecule has 2 atom stereocenters. The number of carbonyl (C=O) groups is 1. The number of nitrogens with one attached hydrogen (secondary N) is 1. The number of hydrogen-bond acceptors (Lipinski definition) is 7. The van der Waals surface area contributed by atoms with Crippen LogP contribution in [-0.4, -0.2) is 36.3 Å². The van der Waals surface area contributed by atoms with Gasteiger partial charge in [0.15, 0.2) is 6.61 Å². The predicted molar refractivity (Wildman–Crippen MR) is 113 cm³/mol. The van der Waals surface area contributed by atoms with Gasteiger partial charge in [-0.25, -0.2) is 0 Å². The summed E-state index contributed by atoms with van der Waals surface area (Å²) in [6.07, 6.45) is 0.407. The second-order valence-corrected chi connectivity index (χ2v) is 7.05. The Labute approximate surface area is 181 Å². The highest BCUT2D eigenvalue weighted by Gasteiger charge is 2.30. The summed E-state index contributed by atoms with van der Waals surface area (Å²) in [6, 6.07) is 17.6. The molecule has 2 aromatic carbocycles. The van der Waals surface area contributed by atoms with Crippen LogP contribution in [0.2, 0.25) is 0 Å². The number of hydrogen-bond donors (Lipinski definition) is 1. The fourth-order valence-corrected chi connectivity index (χ4v) is 3.63. The Morgan fingerprint density at radius 2 is 2.00 bits per heavy atom. The van der Waals surface area contributed by atoms with Gasteiger partial charge >= 0.3 is 5.97 Å². The van der Waals surface area contributed by atoms with Gasteiger partial charge in [0.25, 0.3) is 5.89 Å². The summed E-state index contributed by atoms with van der Waals surface area (Å²) in [6.45, 7) is 1.85. The average Bonchev–Trinajstić information content (AvgIpc) is 3.43. The molecule has 30 heavy (non-hydrogen) atoms. The third kappa shape index (κ3) is 5.17. The molecule has 7 nitrogen and oxygen atoms in total. The highest BCUT2D eigenvalue weighted by Crippen LogP contribution is 2.32. The van der Waals surface area contributed by atoms with E-state index in [0.717, 1.165) is 30.0 Å². The molecule has 0 amide bonds. The summed E-state index contributed by atoms with van der Waals surface area (Å²) in [5, 5.41) is 7.35. The number of carbonyl (C=O) groups excluding carboxylic acids is 1. The number of esters is 1. The van der Waals surface area contributed by atoms with Gasteiger partial charge in [-0.3, -0.25) is 4.79 Å². The van der Waals surface area contributed by atoms with Crippen LogP contribution in [0.25, 0.3) is 11.5 Å². The number of aromatic nitrogens is 2. The summed E-state index contributed by atoms with van der Waals surface area (Å²) in [5.74, 6) is 1.97. The molecular formula is C22H24ClN3O4. The monoisotopic (exact) mass is 429 g/mol. The molecule has 3 aromatic rings. The van der Waals surface area contributed by atoms with E-state index >= 15 is 0 Å². The molecule has 1 N–H and O–H groups in total. The van der Waals surface area contributed by atoms with Crippen LogP contribution in [0.15, 0.2) is 59.1 Å². The second-order valence-electron chi connectivity index (χ2n) is 7.05. The molecular weight excluding hydrogens is 406 g/mol. The topological polar surface area (TPSA) is 86.5 Å². The molecule has 0 saturated carbocycles. The molecule has 1 aliphatic rings. The Kier molecular flexibility index (Phi) is 7.43. The van der Waals surface area contributed by atoms with Crippen molar-refractivity contribution in [2.45, 2.75) is 18.9 Å². The van der Waals surface area contributed by atoms with Gasteiger partial charge in [-0.15, -0.1) is 12.4 Å². The van der Waals surface area contributed by atoms with E-state index < -0.39 is 0 Å². The first-order valence-electron chi connectivity index (χ1n) is 9.61. The molecule has 0 bridgehead atoms. The van der Waals surface area contributed by atoms with Gasteiger partial charge in [0.05, 0.1) is 13.5 Å². The minimum absolute atomic E-state index is 0. The lowest BCUT2D eigenvalue weighted by Crippen LogP contribution is -2.16. The largest absolute Gasteiger partial charge is 0.485 e. The van der Waals surface area contributed by atoms with E-state index in [1.54, 1.807) is 0 Å². The van der Waals surface area contributed by atoms with Gasteiger partial charge in [0.2, 0.25) is 5.82 Å². The Bertz CT molecular complexity index is 964. The summed E-state index contributed by atoms with van der Waals surface area (Å²) in [4.78, 5) is 16.1. The van der Waals surface area contributed by atoms with Crippen molar-refractivity contribution in [3.63, 3.8) is 0 Å².